The van der Waals surface area contributed by atoms with E-state index in [1.54, 1.807) is 31.5 Å². The number of rotatable bonds is 1. The van der Waals surface area contributed by atoms with Gasteiger partial charge in [-0.15, -0.1) is 0 Å². The monoisotopic (exact) mass is 179 g/mol. The fraction of sp³-hybridized carbons (Fsp3) is 0.333. The maximum absolute atomic E-state index is 13.5. The Hall–Kier alpha value is -1.45. The highest BCUT2D eigenvalue weighted by Gasteiger charge is 2.28. The van der Waals surface area contributed by atoms with Gasteiger partial charge >= 0.3 is 0 Å². The van der Waals surface area contributed by atoms with Crippen LogP contribution in [0.25, 0.3) is 0 Å². The lowest BCUT2D eigenvalue weighted by Crippen LogP contribution is -2.27. The van der Waals surface area contributed by atoms with E-state index < -0.39 is 6.17 Å². The second-order valence-corrected chi connectivity index (χ2v) is 3.05. The quantitative estimate of drug-likeness (QED) is 0.701. The van der Waals surface area contributed by atoms with E-state index in [9.17, 15) is 4.39 Å². The molecule has 0 radical (unpaired) electrons. The van der Waals surface area contributed by atoms with Crippen molar-refractivity contribution < 1.29 is 4.39 Å². The van der Waals surface area contributed by atoms with Crippen LogP contribution in [0.1, 0.15) is 12.5 Å². The maximum Gasteiger partial charge on any atom is 0.166 e. The van der Waals surface area contributed by atoms with Crippen LogP contribution >= 0.6 is 0 Å². The van der Waals surface area contributed by atoms with Crippen molar-refractivity contribution in [3.63, 3.8) is 0 Å². The van der Waals surface area contributed by atoms with Crippen LogP contribution in [0.5, 0.6) is 0 Å². The van der Waals surface area contributed by atoms with E-state index in [-0.39, 0.29) is 6.04 Å². The van der Waals surface area contributed by atoms with Gasteiger partial charge in [-0.3, -0.25) is 4.98 Å². The number of pyridine rings is 1. The first kappa shape index (κ1) is 8.16. The summed E-state index contributed by atoms with van der Waals surface area (Å²) in [5.74, 6) is 0. The molecule has 0 aliphatic carbocycles. The van der Waals surface area contributed by atoms with Crippen molar-refractivity contribution in [3.05, 3.63) is 30.1 Å². The summed E-state index contributed by atoms with van der Waals surface area (Å²) in [6, 6.07) is 3.28. The fourth-order valence-corrected chi connectivity index (χ4v) is 1.28. The largest absolute Gasteiger partial charge is 0.304 e. The molecular weight excluding hydrogens is 169 g/mol. The van der Waals surface area contributed by atoms with Gasteiger partial charge in [-0.2, -0.15) is 5.10 Å². The van der Waals surface area contributed by atoms with Crippen LogP contribution in [-0.4, -0.2) is 22.9 Å². The Morgan fingerprint density at radius 1 is 1.38 bits per heavy atom. The summed E-state index contributed by atoms with van der Waals surface area (Å²) in [4.78, 5) is 3.86. The molecule has 68 valence electrons. The van der Waals surface area contributed by atoms with Crippen LogP contribution in [-0.2, 0) is 0 Å². The average molecular weight is 179 g/mol. The summed E-state index contributed by atoms with van der Waals surface area (Å²) in [6.45, 7) is 1.77. The first-order chi connectivity index (χ1) is 6.29. The third-order valence-electron chi connectivity index (χ3n) is 2.06. The van der Waals surface area contributed by atoms with Crippen LogP contribution < -0.4 is 5.43 Å². The van der Waals surface area contributed by atoms with Gasteiger partial charge in [0, 0.05) is 18.0 Å². The van der Waals surface area contributed by atoms with Gasteiger partial charge in [-0.05, 0) is 19.1 Å². The standard InChI is InChI=1S/C9H10FN3/c1-6-8(10)9(13-12-6)7-2-4-11-5-3-7/h2-6,8,12H,1H3. The minimum absolute atomic E-state index is 0.233. The van der Waals surface area contributed by atoms with Crippen LogP contribution in [0.2, 0.25) is 0 Å². The van der Waals surface area contributed by atoms with E-state index in [0.717, 1.165) is 5.56 Å². The lowest BCUT2D eigenvalue weighted by Gasteiger charge is -2.06. The maximum atomic E-state index is 13.5. The van der Waals surface area contributed by atoms with Crippen molar-refractivity contribution in [2.45, 2.75) is 19.1 Å². The molecule has 0 bridgehead atoms. The Balaban J connectivity index is 2.29. The van der Waals surface area contributed by atoms with E-state index >= 15 is 0 Å². The van der Waals surface area contributed by atoms with Gasteiger partial charge < -0.3 is 5.43 Å². The Morgan fingerprint density at radius 3 is 2.62 bits per heavy atom. The van der Waals surface area contributed by atoms with Crippen LogP contribution in [0.15, 0.2) is 29.6 Å². The Bertz CT molecular complexity index is 323. The molecule has 1 aromatic rings. The Morgan fingerprint density at radius 2 is 2.08 bits per heavy atom. The van der Waals surface area contributed by atoms with Gasteiger partial charge in [0.25, 0.3) is 0 Å². The van der Waals surface area contributed by atoms with Crippen molar-refractivity contribution in [3.8, 4) is 0 Å². The molecule has 1 aliphatic heterocycles. The molecular formula is C9H10FN3. The van der Waals surface area contributed by atoms with E-state index in [1.807, 2.05) is 0 Å². The number of halogens is 1. The zero-order chi connectivity index (χ0) is 9.26. The van der Waals surface area contributed by atoms with Crippen molar-refractivity contribution in [1.29, 1.82) is 0 Å². The number of alkyl halides is 1. The highest BCUT2D eigenvalue weighted by Crippen LogP contribution is 2.14. The molecule has 0 saturated heterocycles. The highest BCUT2D eigenvalue weighted by molar-refractivity contribution is 6.04. The van der Waals surface area contributed by atoms with Gasteiger partial charge in [0.1, 0.15) is 5.71 Å². The molecule has 2 heterocycles. The molecule has 0 saturated carbocycles. The zero-order valence-corrected chi connectivity index (χ0v) is 7.24. The summed E-state index contributed by atoms with van der Waals surface area (Å²) in [5, 5.41) is 3.93. The molecule has 0 fully saturated rings. The summed E-state index contributed by atoms with van der Waals surface area (Å²) in [6.07, 6.45) is 2.24. The molecule has 0 amide bonds. The number of nitrogens with one attached hydrogen (secondary N) is 1. The molecule has 0 aromatic carbocycles. The lowest BCUT2D eigenvalue weighted by atomic mass is 10.1. The summed E-state index contributed by atoms with van der Waals surface area (Å²) >= 11 is 0. The Kier molecular flexibility index (Phi) is 1.96. The molecule has 3 nitrogen and oxygen atoms in total. The average Bonchev–Trinajstić information content (AvgIpc) is 2.49. The number of nitrogens with zero attached hydrogens (tertiary/aromatic N) is 2. The minimum atomic E-state index is -1.03. The number of hydrogen-bond acceptors (Lipinski definition) is 3. The van der Waals surface area contributed by atoms with Crippen LogP contribution in [0.4, 0.5) is 4.39 Å². The molecule has 2 unspecified atom stereocenters. The van der Waals surface area contributed by atoms with Gasteiger partial charge in [-0.1, -0.05) is 0 Å². The van der Waals surface area contributed by atoms with E-state index in [0.29, 0.717) is 5.71 Å². The van der Waals surface area contributed by atoms with E-state index in [2.05, 4.69) is 15.5 Å². The second-order valence-electron chi connectivity index (χ2n) is 3.05. The summed E-state index contributed by atoms with van der Waals surface area (Å²) < 4.78 is 13.5. The van der Waals surface area contributed by atoms with Crippen molar-refractivity contribution in [2.75, 3.05) is 0 Å². The van der Waals surface area contributed by atoms with Crippen molar-refractivity contribution in [1.82, 2.24) is 10.4 Å². The smallest absolute Gasteiger partial charge is 0.166 e. The molecule has 0 spiro atoms. The number of hydrazone groups is 1. The molecule has 1 aromatic heterocycles. The van der Waals surface area contributed by atoms with Gasteiger partial charge in [0.05, 0.1) is 6.04 Å². The van der Waals surface area contributed by atoms with Crippen molar-refractivity contribution in [2.24, 2.45) is 5.10 Å². The molecule has 4 heteroatoms. The first-order valence-electron chi connectivity index (χ1n) is 4.16. The Labute approximate surface area is 75.7 Å². The number of hydrogen-bond donors (Lipinski definition) is 1. The SMILES string of the molecule is CC1NN=C(c2ccncc2)C1F. The molecule has 2 atom stereocenters. The van der Waals surface area contributed by atoms with E-state index in [4.69, 9.17) is 0 Å². The van der Waals surface area contributed by atoms with Gasteiger partial charge in [-0.25, -0.2) is 4.39 Å². The molecule has 1 N–H and O–H groups in total. The third-order valence-corrected chi connectivity index (χ3v) is 2.06. The molecule has 13 heavy (non-hydrogen) atoms. The minimum Gasteiger partial charge on any atom is -0.304 e. The normalized spacial score (nSPS) is 26.8. The molecule has 2 rings (SSSR count). The first-order valence-corrected chi connectivity index (χ1v) is 4.16. The third kappa shape index (κ3) is 1.39. The van der Waals surface area contributed by atoms with Crippen molar-refractivity contribution >= 4 is 5.71 Å². The predicted octanol–water partition coefficient (Wildman–Crippen LogP) is 1.12. The van der Waals surface area contributed by atoms with Crippen LogP contribution in [0, 0.1) is 0 Å². The van der Waals surface area contributed by atoms with Gasteiger partial charge in [0.15, 0.2) is 6.17 Å². The van der Waals surface area contributed by atoms with Gasteiger partial charge in [0.2, 0.25) is 0 Å². The predicted molar refractivity (Wildman–Crippen MR) is 48.3 cm³/mol. The summed E-state index contributed by atoms with van der Waals surface area (Å²) in [5.41, 5.74) is 3.97. The number of aromatic nitrogens is 1. The fourth-order valence-electron chi connectivity index (χ4n) is 1.28. The highest BCUT2D eigenvalue weighted by atomic mass is 19.1. The summed E-state index contributed by atoms with van der Waals surface area (Å²) in [7, 11) is 0. The van der Waals surface area contributed by atoms with E-state index in [1.165, 1.54) is 0 Å². The topological polar surface area (TPSA) is 37.3 Å². The van der Waals surface area contributed by atoms with Crippen LogP contribution in [0.3, 0.4) is 0 Å². The second kappa shape index (κ2) is 3.12. The lowest BCUT2D eigenvalue weighted by molar-refractivity contribution is 0.363. The molecule has 1 aliphatic rings. The zero-order valence-electron chi connectivity index (χ0n) is 7.24.